The number of hydrogen-bond donors (Lipinski definition) is 1. The van der Waals surface area contributed by atoms with E-state index in [1.54, 1.807) is 11.0 Å². The minimum Gasteiger partial charge on any atom is -0.457 e. The van der Waals surface area contributed by atoms with Gasteiger partial charge in [0.1, 0.15) is 40.9 Å². The molecular weight excluding hydrogens is 476 g/mol. The van der Waals surface area contributed by atoms with Crippen molar-refractivity contribution in [2.24, 2.45) is 5.92 Å². The molecule has 192 valence electrons. The number of piperidine rings is 1. The SMILES string of the molecule is CC(C)/C=C(\C#N)C(=O)N1CCC[C@H](n2cc(-c3ccc(Oc4ccccc4)cc3)c3c(N)ncnc32)C1. The van der Waals surface area contributed by atoms with Crippen molar-refractivity contribution in [3.63, 3.8) is 0 Å². The van der Waals surface area contributed by atoms with E-state index in [0.29, 0.717) is 18.9 Å². The van der Waals surface area contributed by atoms with Gasteiger partial charge in [0, 0.05) is 24.8 Å². The monoisotopic (exact) mass is 506 g/mol. The molecule has 1 aliphatic rings. The van der Waals surface area contributed by atoms with Crippen molar-refractivity contribution in [3.05, 3.63) is 78.8 Å². The number of para-hydroxylation sites is 1. The van der Waals surface area contributed by atoms with Gasteiger partial charge in [-0.15, -0.1) is 0 Å². The van der Waals surface area contributed by atoms with E-state index in [0.717, 1.165) is 46.5 Å². The average molecular weight is 507 g/mol. The van der Waals surface area contributed by atoms with Crippen LogP contribution in [0.25, 0.3) is 22.2 Å². The summed E-state index contributed by atoms with van der Waals surface area (Å²) in [7, 11) is 0. The van der Waals surface area contributed by atoms with Crippen molar-refractivity contribution in [1.82, 2.24) is 19.4 Å². The van der Waals surface area contributed by atoms with Crippen LogP contribution in [0.15, 0.2) is 78.8 Å². The quantitative estimate of drug-likeness (QED) is 0.264. The first-order chi connectivity index (χ1) is 18.4. The predicted molar refractivity (Wildman–Crippen MR) is 147 cm³/mol. The molecule has 1 amide bonds. The van der Waals surface area contributed by atoms with Gasteiger partial charge in [-0.3, -0.25) is 4.79 Å². The van der Waals surface area contributed by atoms with Gasteiger partial charge in [0.2, 0.25) is 0 Å². The lowest BCUT2D eigenvalue weighted by Gasteiger charge is -2.33. The van der Waals surface area contributed by atoms with Gasteiger partial charge in [0.15, 0.2) is 0 Å². The van der Waals surface area contributed by atoms with Crippen molar-refractivity contribution < 1.29 is 9.53 Å². The smallest absolute Gasteiger partial charge is 0.264 e. The number of benzene rings is 2. The van der Waals surface area contributed by atoms with E-state index < -0.39 is 0 Å². The second-order valence-corrected chi connectivity index (χ2v) is 9.83. The molecule has 1 atom stereocenters. The fourth-order valence-electron chi connectivity index (χ4n) is 4.96. The van der Waals surface area contributed by atoms with Crippen LogP contribution >= 0.6 is 0 Å². The molecule has 2 N–H and O–H groups in total. The van der Waals surface area contributed by atoms with E-state index in [2.05, 4.69) is 26.8 Å². The number of carbonyl (C=O) groups excluding carboxylic acids is 1. The number of nitrogens with two attached hydrogens (primary N) is 1. The van der Waals surface area contributed by atoms with E-state index in [9.17, 15) is 10.1 Å². The van der Waals surface area contributed by atoms with Crippen LogP contribution in [0.1, 0.15) is 32.7 Å². The highest BCUT2D eigenvalue weighted by Crippen LogP contribution is 2.37. The zero-order chi connectivity index (χ0) is 26.6. The summed E-state index contributed by atoms with van der Waals surface area (Å²) in [6, 6.07) is 19.6. The molecule has 0 radical (unpaired) electrons. The van der Waals surface area contributed by atoms with Crippen LogP contribution in [0.4, 0.5) is 5.82 Å². The highest BCUT2D eigenvalue weighted by Gasteiger charge is 2.29. The van der Waals surface area contributed by atoms with Gasteiger partial charge < -0.3 is 19.9 Å². The summed E-state index contributed by atoms with van der Waals surface area (Å²) in [5.74, 6) is 1.81. The molecule has 1 fully saturated rings. The normalized spacial score (nSPS) is 16.0. The lowest BCUT2D eigenvalue weighted by atomic mass is 10.0. The number of nitriles is 1. The second kappa shape index (κ2) is 10.8. The van der Waals surface area contributed by atoms with Crippen LogP contribution in [0.3, 0.4) is 0 Å². The van der Waals surface area contributed by atoms with Crippen molar-refractivity contribution in [2.75, 3.05) is 18.8 Å². The van der Waals surface area contributed by atoms with E-state index >= 15 is 0 Å². The Morgan fingerprint density at radius 3 is 2.58 bits per heavy atom. The number of rotatable bonds is 6. The summed E-state index contributed by atoms with van der Waals surface area (Å²) in [6.45, 7) is 5.04. The Bertz CT molecular complexity index is 1520. The number of aromatic nitrogens is 3. The van der Waals surface area contributed by atoms with E-state index in [1.165, 1.54) is 6.33 Å². The Labute approximate surface area is 222 Å². The number of ether oxygens (including phenoxy) is 1. The maximum Gasteiger partial charge on any atom is 0.264 e. The first-order valence-corrected chi connectivity index (χ1v) is 12.8. The Balaban J connectivity index is 1.46. The summed E-state index contributed by atoms with van der Waals surface area (Å²) in [6.07, 6.45) is 6.97. The number of nitrogen functional groups attached to an aromatic ring is 1. The Morgan fingerprint density at radius 2 is 1.87 bits per heavy atom. The maximum atomic E-state index is 13.1. The molecule has 1 saturated heterocycles. The Morgan fingerprint density at radius 1 is 1.13 bits per heavy atom. The van der Waals surface area contributed by atoms with Crippen LogP contribution in [0.5, 0.6) is 11.5 Å². The molecular formula is C30H30N6O2. The summed E-state index contributed by atoms with van der Waals surface area (Å²) in [5, 5.41) is 10.3. The summed E-state index contributed by atoms with van der Waals surface area (Å²) in [5.41, 5.74) is 9.17. The second-order valence-electron chi connectivity index (χ2n) is 9.83. The minimum atomic E-state index is -0.217. The molecule has 0 spiro atoms. The zero-order valence-corrected chi connectivity index (χ0v) is 21.5. The Hall–Kier alpha value is -4.64. The van der Waals surface area contributed by atoms with Crippen LogP contribution < -0.4 is 10.5 Å². The molecule has 4 aromatic rings. The first kappa shape index (κ1) is 25.0. The number of carbonyl (C=O) groups is 1. The third kappa shape index (κ3) is 5.09. The number of nitrogens with zero attached hydrogens (tertiary/aromatic N) is 5. The van der Waals surface area contributed by atoms with E-state index in [1.807, 2.05) is 68.4 Å². The van der Waals surface area contributed by atoms with Gasteiger partial charge in [-0.05, 0) is 48.6 Å². The largest absolute Gasteiger partial charge is 0.457 e. The van der Waals surface area contributed by atoms with Gasteiger partial charge in [-0.25, -0.2) is 9.97 Å². The lowest BCUT2D eigenvalue weighted by Crippen LogP contribution is -2.41. The highest BCUT2D eigenvalue weighted by atomic mass is 16.5. The number of amides is 1. The van der Waals surface area contributed by atoms with Gasteiger partial charge in [-0.1, -0.05) is 50.3 Å². The molecule has 2 aromatic heterocycles. The summed E-state index contributed by atoms with van der Waals surface area (Å²) >= 11 is 0. The first-order valence-electron chi connectivity index (χ1n) is 12.8. The molecule has 1 aliphatic heterocycles. The van der Waals surface area contributed by atoms with Crippen molar-refractivity contribution >= 4 is 22.8 Å². The molecule has 0 aliphatic carbocycles. The minimum absolute atomic E-state index is 0.00192. The van der Waals surface area contributed by atoms with Crippen LogP contribution in [0.2, 0.25) is 0 Å². The number of likely N-dealkylation sites (tertiary alicyclic amines) is 1. The van der Waals surface area contributed by atoms with Crippen LogP contribution in [0, 0.1) is 17.2 Å². The highest BCUT2D eigenvalue weighted by molar-refractivity contribution is 6.01. The standard InChI is InChI=1S/C30H30N6O2/c1-20(2)15-22(16-31)30(37)35-14-6-7-23(17-35)36-18-26(27-28(32)33-19-34-29(27)36)21-10-12-25(13-11-21)38-24-8-4-3-5-9-24/h3-5,8-13,15,18-20,23H,6-7,14,17H2,1-2H3,(H2,32,33,34)/b22-15+/t23-/m0/s1. The van der Waals surface area contributed by atoms with Crippen molar-refractivity contribution in [2.45, 2.75) is 32.7 Å². The molecule has 0 bridgehead atoms. The fraction of sp³-hybridized carbons (Fsp3) is 0.267. The van der Waals surface area contributed by atoms with Gasteiger partial charge >= 0.3 is 0 Å². The number of fused-ring (bicyclic) bond motifs is 1. The van der Waals surface area contributed by atoms with Crippen LogP contribution in [-0.4, -0.2) is 38.4 Å². The van der Waals surface area contributed by atoms with Gasteiger partial charge in [0.05, 0.1) is 11.4 Å². The molecule has 0 saturated carbocycles. The van der Waals surface area contributed by atoms with Gasteiger partial charge in [-0.2, -0.15) is 5.26 Å². The number of allylic oxidation sites excluding steroid dienone is 1. The Kier molecular flexibility index (Phi) is 7.09. The zero-order valence-electron chi connectivity index (χ0n) is 21.5. The van der Waals surface area contributed by atoms with E-state index in [-0.39, 0.29) is 23.4 Å². The lowest BCUT2D eigenvalue weighted by molar-refractivity contribution is -0.128. The third-order valence-corrected chi connectivity index (χ3v) is 6.71. The average Bonchev–Trinajstić information content (AvgIpc) is 3.33. The molecule has 3 heterocycles. The third-order valence-electron chi connectivity index (χ3n) is 6.71. The molecule has 38 heavy (non-hydrogen) atoms. The topological polar surface area (TPSA) is 110 Å². The van der Waals surface area contributed by atoms with Gasteiger partial charge in [0.25, 0.3) is 5.91 Å². The molecule has 2 aromatic carbocycles. The summed E-state index contributed by atoms with van der Waals surface area (Å²) < 4.78 is 8.05. The number of hydrogen-bond acceptors (Lipinski definition) is 6. The van der Waals surface area contributed by atoms with Crippen LogP contribution in [-0.2, 0) is 4.79 Å². The molecule has 8 heteroatoms. The maximum absolute atomic E-state index is 13.1. The molecule has 5 rings (SSSR count). The predicted octanol–water partition coefficient (Wildman–Crippen LogP) is 5.74. The number of anilines is 1. The van der Waals surface area contributed by atoms with Crippen molar-refractivity contribution in [3.8, 4) is 28.7 Å². The van der Waals surface area contributed by atoms with E-state index in [4.69, 9.17) is 10.5 Å². The molecule has 0 unspecified atom stereocenters. The molecule has 8 nitrogen and oxygen atoms in total. The summed E-state index contributed by atoms with van der Waals surface area (Å²) in [4.78, 5) is 23.7. The van der Waals surface area contributed by atoms with Crippen molar-refractivity contribution in [1.29, 1.82) is 5.26 Å². The fourth-order valence-corrected chi connectivity index (χ4v) is 4.96.